The van der Waals surface area contributed by atoms with Crippen molar-refractivity contribution in [2.24, 2.45) is 0 Å². The van der Waals surface area contributed by atoms with Gasteiger partial charge in [0, 0.05) is 18.3 Å². The van der Waals surface area contributed by atoms with Crippen LogP contribution in [0, 0.1) is 0 Å². The highest BCUT2D eigenvalue weighted by molar-refractivity contribution is 5.27. The van der Waals surface area contributed by atoms with Crippen molar-refractivity contribution in [2.45, 2.75) is 25.4 Å². The summed E-state index contributed by atoms with van der Waals surface area (Å²) in [5.74, 6) is 0. The Morgan fingerprint density at radius 1 is 1.05 bits per heavy atom. The van der Waals surface area contributed by atoms with E-state index in [9.17, 15) is 0 Å². The molecule has 21 heavy (non-hydrogen) atoms. The maximum atomic E-state index is 4.52. The Morgan fingerprint density at radius 2 is 1.71 bits per heavy atom. The molecule has 1 N–H and O–H groups in total. The quantitative estimate of drug-likeness (QED) is 0.883. The number of aromatic nitrogens is 1. The highest BCUT2D eigenvalue weighted by Gasteiger charge is 2.23. The van der Waals surface area contributed by atoms with Gasteiger partial charge < -0.3 is 10.2 Å². The smallest absolute Gasteiger partial charge is 0.0752 e. The molecule has 0 bridgehead atoms. The van der Waals surface area contributed by atoms with Gasteiger partial charge in [0.1, 0.15) is 0 Å². The highest BCUT2D eigenvalue weighted by atomic mass is 15.2. The summed E-state index contributed by atoms with van der Waals surface area (Å²) in [4.78, 5) is 6.76. The number of hydrogen-bond acceptors (Lipinski definition) is 3. The second-order valence-electron chi connectivity index (χ2n) is 6.19. The second kappa shape index (κ2) is 6.83. The molecule has 1 aromatic heterocycles. The molecule has 0 fully saturated rings. The van der Waals surface area contributed by atoms with Gasteiger partial charge in [-0.25, -0.2) is 0 Å². The summed E-state index contributed by atoms with van der Waals surface area (Å²) in [6, 6.07) is 16.7. The minimum atomic E-state index is 0.0851. The molecule has 1 unspecified atom stereocenters. The van der Waals surface area contributed by atoms with Crippen molar-refractivity contribution < 1.29 is 0 Å². The van der Waals surface area contributed by atoms with Crippen LogP contribution in [-0.2, 0) is 0 Å². The van der Waals surface area contributed by atoms with Crippen molar-refractivity contribution in [3.63, 3.8) is 0 Å². The zero-order chi connectivity index (χ0) is 15.3. The van der Waals surface area contributed by atoms with E-state index in [1.165, 1.54) is 5.56 Å². The molecule has 1 aromatic carbocycles. The highest BCUT2D eigenvalue weighted by Crippen LogP contribution is 2.21. The van der Waals surface area contributed by atoms with Crippen LogP contribution < -0.4 is 5.32 Å². The third kappa shape index (κ3) is 4.13. The van der Waals surface area contributed by atoms with Crippen LogP contribution >= 0.6 is 0 Å². The van der Waals surface area contributed by atoms with Gasteiger partial charge in [-0.05, 0) is 45.6 Å². The van der Waals surface area contributed by atoms with Crippen LogP contribution in [0.4, 0.5) is 0 Å². The SMILES string of the molecule is CN(C)C(C)(C)CNC(c1ccccc1)c1ccccn1. The van der Waals surface area contributed by atoms with Gasteiger partial charge in [0.2, 0.25) is 0 Å². The molecular weight excluding hydrogens is 258 g/mol. The average molecular weight is 283 g/mol. The number of nitrogens with zero attached hydrogens (tertiary/aromatic N) is 2. The lowest BCUT2D eigenvalue weighted by Gasteiger charge is -2.34. The molecule has 2 rings (SSSR count). The standard InChI is InChI=1S/C18H25N3/c1-18(2,21(3)4)14-20-17(15-10-6-5-7-11-15)16-12-8-9-13-19-16/h5-13,17,20H,14H2,1-4H3. The fraction of sp³-hybridized carbons (Fsp3) is 0.389. The lowest BCUT2D eigenvalue weighted by molar-refractivity contribution is 0.186. The lowest BCUT2D eigenvalue weighted by atomic mass is 9.99. The Bertz CT molecular complexity index is 495. The predicted molar refractivity (Wildman–Crippen MR) is 88.3 cm³/mol. The zero-order valence-electron chi connectivity index (χ0n) is 13.4. The minimum absolute atomic E-state index is 0.0851. The Kier molecular flexibility index (Phi) is 5.10. The van der Waals surface area contributed by atoms with E-state index < -0.39 is 0 Å². The maximum absolute atomic E-state index is 4.52. The summed E-state index contributed by atoms with van der Waals surface area (Å²) in [5.41, 5.74) is 2.38. The third-order valence-corrected chi connectivity index (χ3v) is 4.07. The van der Waals surface area contributed by atoms with Crippen LogP contribution in [0.2, 0.25) is 0 Å². The van der Waals surface area contributed by atoms with E-state index in [0.29, 0.717) is 0 Å². The van der Waals surface area contributed by atoms with Crippen molar-refractivity contribution in [3.05, 3.63) is 66.0 Å². The van der Waals surface area contributed by atoms with Gasteiger partial charge in [-0.15, -0.1) is 0 Å². The summed E-state index contributed by atoms with van der Waals surface area (Å²) in [6.07, 6.45) is 1.85. The number of benzene rings is 1. The summed E-state index contributed by atoms with van der Waals surface area (Å²) in [7, 11) is 4.22. The molecule has 0 aliphatic heterocycles. The molecule has 0 saturated carbocycles. The molecule has 0 radical (unpaired) electrons. The van der Waals surface area contributed by atoms with Crippen LogP contribution in [0.25, 0.3) is 0 Å². The first-order valence-corrected chi connectivity index (χ1v) is 7.37. The molecule has 0 aliphatic carbocycles. The normalized spacial score (nSPS) is 13.4. The Labute approximate surface area is 128 Å². The van der Waals surface area contributed by atoms with E-state index in [-0.39, 0.29) is 11.6 Å². The molecule has 0 saturated heterocycles. The first kappa shape index (κ1) is 15.7. The summed E-state index contributed by atoms with van der Waals surface area (Å²) in [5, 5.41) is 3.67. The van der Waals surface area contributed by atoms with Crippen LogP contribution in [0.1, 0.15) is 31.1 Å². The average Bonchev–Trinajstić information content (AvgIpc) is 2.49. The van der Waals surface area contributed by atoms with Gasteiger partial charge in [-0.2, -0.15) is 0 Å². The molecule has 0 spiro atoms. The van der Waals surface area contributed by atoms with E-state index in [4.69, 9.17) is 0 Å². The third-order valence-electron chi connectivity index (χ3n) is 4.07. The zero-order valence-corrected chi connectivity index (χ0v) is 13.4. The van der Waals surface area contributed by atoms with E-state index >= 15 is 0 Å². The molecule has 0 aliphatic rings. The van der Waals surface area contributed by atoms with Crippen LogP contribution in [0.3, 0.4) is 0 Å². The lowest BCUT2D eigenvalue weighted by Crippen LogP contribution is -2.47. The van der Waals surface area contributed by atoms with Crippen molar-refractivity contribution in [2.75, 3.05) is 20.6 Å². The van der Waals surface area contributed by atoms with Gasteiger partial charge in [0.25, 0.3) is 0 Å². The molecule has 3 heteroatoms. The maximum Gasteiger partial charge on any atom is 0.0752 e. The first-order chi connectivity index (χ1) is 10.0. The van der Waals surface area contributed by atoms with Gasteiger partial charge in [0.15, 0.2) is 0 Å². The number of hydrogen-bond donors (Lipinski definition) is 1. The number of rotatable bonds is 6. The van der Waals surface area contributed by atoms with Gasteiger partial charge >= 0.3 is 0 Å². The molecular formula is C18H25N3. The number of pyridine rings is 1. The fourth-order valence-electron chi connectivity index (χ4n) is 2.10. The first-order valence-electron chi connectivity index (χ1n) is 7.37. The second-order valence-corrected chi connectivity index (χ2v) is 6.19. The van der Waals surface area contributed by atoms with E-state index in [2.05, 4.69) is 73.5 Å². The largest absolute Gasteiger partial charge is 0.303 e. The van der Waals surface area contributed by atoms with Crippen LogP contribution in [0.15, 0.2) is 54.7 Å². The molecule has 3 nitrogen and oxygen atoms in total. The van der Waals surface area contributed by atoms with E-state index in [1.54, 1.807) is 0 Å². The molecule has 1 atom stereocenters. The van der Waals surface area contributed by atoms with Crippen molar-refractivity contribution in [1.82, 2.24) is 15.2 Å². The van der Waals surface area contributed by atoms with Gasteiger partial charge in [-0.3, -0.25) is 4.98 Å². The van der Waals surface area contributed by atoms with Gasteiger partial charge in [-0.1, -0.05) is 36.4 Å². The molecule has 2 aromatic rings. The van der Waals surface area contributed by atoms with Crippen molar-refractivity contribution in [1.29, 1.82) is 0 Å². The molecule has 1 heterocycles. The van der Waals surface area contributed by atoms with Crippen LogP contribution in [0.5, 0.6) is 0 Å². The minimum Gasteiger partial charge on any atom is -0.303 e. The number of nitrogens with one attached hydrogen (secondary N) is 1. The Balaban J connectivity index is 2.22. The monoisotopic (exact) mass is 283 g/mol. The van der Waals surface area contributed by atoms with Crippen LogP contribution in [-0.4, -0.2) is 36.1 Å². The van der Waals surface area contributed by atoms with E-state index in [1.807, 2.05) is 24.4 Å². The summed E-state index contributed by atoms with van der Waals surface area (Å²) in [6.45, 7) is 5.36. The van der Waals surface area contributed by atoms with Crippen molar-refractivity contribution in [3.8, 4) is 0 Å². The summed E-state index contributed by atoms with van der Waals surface area (Å²) < 4.78 is 0. The predicted octanol–water partition coefficient (Wildman–Crippen LogP) is 3.10. The fourth-order valence-corrected chi connectivity index (χ4v) is 2.10. The number of likely N-dealkylation sites (N-methyl/N-ethyl adjacent to an activating group) is 1. The Morgan fingerprint density at radius 3 is 2.29 bits per heavy atom. The topological polar surface area (TPSA) is 28.2 Å². The Hall–Kier alpha value is -1.71. The van der Waals surface area contributed by atoms with Gasteiger partial charge in [0.05, 0.1) is 11.7 Å². The van der Waals surface area contributed by atoms with Crippen molar-refractivity contribution >= 4 is 0 Å². The summed E-state index contributed by atoms with van der Waals surface area (Å²) >= 11 is 0. The molecule has 0 amide bonds. The molecule has 112 valence electrons. The van der Waals surface area contributed by atoms with E-state index in [0.717, 1.165) is 12.2 Å².